The molecule has 0 aliphatic heterocycles. The lowest BCUT2D eigenvalue weighted by Gasteiger charge is -2.48. The van der Waals surface area contributed by atoms with E-state index in [9.17, 15) is 9.90 Å². The minimum absolute atomic E-state index is 0.150. The van der Waals surface area contributed by atoms with Gasteiger partial charge in [-0.05, 0) is 78.7 Å². The molecule has 1 fully saturated rings. The van der Waals surface area contributed by atoms with E-state index in [4.69, 9.17) is 0 Å². The van der Waals surface area contributed by atoms with Gasteiger partial charge in [0, 0.05) is 5.41 Å². The Morgan fingerprint density at radius 1 is 1.32 bits per heavy atom. The molecule has 3 aliphatic rings. The summed E-state index contributed by atoms with van der Waals surface area (Å²) in [7, 11) is 0. The van der Waals surface area contributed by atoms with Gasteiger partial charge in [0.15, 0.2) is 5.78 Å². The molecule has 0 amide bonds. The van der Waals surface area contributed by atoms with Crippen LogP contribution in [-0.2, 0) is 17.6 Å². The van der Waals surface area contributed by atoms with E-state index < -0.39 is 0 Å². The van der Waals surface area contributed by atoms with Crippen LogP contribution in [0.25, 0.3) is 0 Å². The van der Waals surface area contributed by atoms with E-state index in [0.29, 0.717) is 29.3 Å². The molecule has 1 aromatic carbocycles. The molecule has 0 unspecified atom stereocenters. The Hall–Kier alpha value is -1.57. The Balaban J connectivity index is 1.75. The lowest BCUT2D eigenvalue weighted by molar-refractivity contribution is -0.126. The van der Waals surface area contributed by atoms with Gasteiger partial charge in [-0.2, -0.15) is 0 Å². The van der Waals surface area contributed by atoms with Crippen LogP contribution in [0.3, 0.4) is 0 Å². The summed E-state index contributed by atoms with van der Waals surface area (Å²) < 4.78 is 0. The molecule has 0 aromatic heterocycles. The largest absolute Gasteiger partial charge is 0.508 e. The van der Waals surface area contributed by atoms with Gasteiger partial charge in [0.1, 0.15) is 5.75 Å². The zero-order valence-electron chi connectivity index (χ0n) is 13.4. The van der Waals surface area contributed by atoms with E-state index in [1.807, 2.05) is 12.1 Å². The first-order valence-electron chi connectivity index (χ1n) is 8.62. The van der Waals surface area contributed by atoms with Crippen molar-refractivity contribution in [3.63, 3.8) is 0 Å². The smallest absolute Gasteiger partial charge is 0.161 e. The zero-order valence-corrected chi connectivity index (χ0v) is 13.4. The Morgan fingerprint density at radius 3 is 2.91 bits per heavy atom. The number of aryl methyl sites for hydroxylation is 2. The van der Waals surface area contributed by atoms with Crippen molar-refractivity contribution in [3.8, 4) is 5.75 Å². The number of carbonyl (C=O) groups excluding carboxylic acids is 1. The number of carbonyl (C=O) groups is 1. The Kier molecular flexibility index (Phi) is 3.01. The zero-order chi connectivity index (χ0) is 15.5. The normalized spacial score (nSPS) is 35.9. The number of hydrogen-bond donors (Lipinski definition) is 1. The van der Waals surface area contributed by atoms with Crippen molar-refractivity contribution in [2.75, 3.05) is 0 Å². The van der Waals surface area contributed by atoms with Gasteiger partial charge in [0.05, 0.1) is 0 Å². The fraction of sp³-hybridized carbons (Fsp3) is 0.550. The van der Waals surface area contributed by atoms with E-state index in [-0.39, 0.29) is 5.41 Å². The first kappa shape index (κ1) is 14.0. The molecule has 0 bridgehead atoms. The van der Waals surface area contributed by atoms with Crippen LogP contribution in [0.1, 0.15) is 55.7 Å². The van der Waals surface area contributed by atoms with E-state index in [2.05, 4.69) is 26.0 Å². The number of rotatable bonds is 1. The summed E-state index contributed by atoms with van der Waals surface area (Å²) in [5.41, 5.74) is 3.68. The van der Waals surface area contributed by atoms with Gasteiger partial charge < -0.3 is 5.11 Å². The number of hydrogen-bond acceptors (Lipinski definition) is 2. The van der Waals surface area contributed by atoms with Gasteiger partial charge >= 0.3 is 0 Å². The summed E-state index contributed by atoms with van der Waals surface area (Å²) in [6, 6.07) is 4.23. The van der Waals surface area contributed by atoms with Gasteiger partial charge in [-0.3, -0.25) is 4.79 Å². The van der Waals surface area contributed by atoms with Crippen LogP contribution < -0.4 is 0 Å². The van der Waals surface area contributed by atoms with E-state index in [1.165, 1.54) is 11.1 Å². The third-order valence-electron chi connectivity index (χ3n) is 6.57. The van der Waals surface area contributed by atoms with Crippen molar-refractivity contribution in [3.05, 3.63) is 41.0 Å². The topological polar surface area (TPSA) is 37.3 Å². The van der Waals surface area contributed by atoms with Crippen molar-refractivity contribution in [2.45, 2.75) is 51.9 Å². The van der Waals surface area contributed by atoms with Gasteiger partial charge in [-0.25, -0.2) is 0 Å². The second-order valence-electron chi connectivity index (χ2n) is 7.55. The maximum Gasteiger partial charge on any atom is 0.161 e. The number of ketones is 1. The Labute approximate surface area is 132 Å². The predicted octanol–water partition coefficient (Wildman–Crippen LogP) is 4.16. The summed E-state index contributed by atoms with van der Waals surface area (Å²) in [6.07, 6.45) is 9.15. The van der Waals surface area contributed by atoms with Crippen LogP contribution in [0.15, 0.2) is 24.3 Å². The number of allylic oxidation sites excluding steroid dienone is 2. The lowest BCUT2D eigenvalue weighted by Crippen LogP contribution is -2.42. The first-order valence-corrected chi connectivity index (χ1v) is 8.62. The van der Waals surface area contributed by atoms with Gasteiger partial charge in [0.25, 0.3) is 0 Å². The molecule has 0 heterocycles. The van der Waals surface area contributed by atoms with Crippen molar-refractivity contribution < 1.29 is 9.90 Å². The summed E-state index contributed by atoms with van der Waals surface area (Å²) in [5, 5.41) is 10.1. The average Bonchev–Trinajstić information content (AvgIpc) is 2.82. The Bertz CT molecular complexity index is 673. The summed E-state index contributed by atoms with van der Waals surface area (Å²) in [5.74, 6) is 2.34. The van der Waals surface area contributed by atoms with Crippen LogP contribution in [0.2, 0.25) is 0 Å². The van der Waals surface area contributed by atoms with Crippen molar-refractivity contribution in [2.24, 2.45) is 17.3 Å². The van der Waals surface area contributed by atoms with Gasteiger partial charge in [-0.1, -0.05) is 26.0 Å². The second kappa shape index (κ2) is 4.71. The average molecular weight is 296 g/mol. The number of aromatic hydroxyl groups is 1. The molecule has 4 rings (SSSR count). The molecule has 0 radical (unpaired) electrons. The highest BCUT2D eigenvalue weighted by molar-refractivity contribution is 5.97. The molecule has 1 aromatic rings. The van der Waals surface area contributed by atoms with E-state index in [1.54, 1.807) is 0 Å². The number of phenolic OH excluding ortho intramolecular Hbond substituents is 1. The minimum atomic E-state index is -0.150. The van der Waals surface area contributed by atoms with Crippen LogP contribution in [0.4, 0.5) is 0 Å². The summed E-state index contributed by atoms with van der Waals surface area (Å²) in [4.78, 5) is 12.3. The van der Waals surface area contributed by atoms with Crippen molar-refractivity contribution >= 4 is 5.78 Å². The van der Waals surface area contributed by atoms with Crippen LogP contribution in [0, 0.1) is 17.3 Å². The molecule has 0 saturated heterocycles. The molecule has 4 atom stereocenters. The molecule has 1 saturated carbocycles. The number of phenols is 1. The third-order valence-corrected chi connectivity index (χ3v) is 6.57. The highest BCUT2D eigenvalue weighted by Gasteiger charge is 2.52. The minimum Gasteiger partial charge on any atom is -0.508 e. The standard InChI is InChI=1S/C20H24O2/c1-3-12-10-16-13(11-18(12)21)4-5-15-14(16)8-9-20(2)17(15)6-7-19(20)22/h6-7,10-11,14-15,17,21H,3-5,8-9H2,1-2H3/t14-,15+,17-,20-/m0/s1. The van der Waals surface area contributed by atoms with Crippen molar-refractivity contribution in [1.29, 1.82) is 0 Å². The molecule has 1 N–H and O–H groups in total. The lowest BCUT2D eigenvalue weighted by atomic mass is 9.55. The van der Waals surface area contributed by atoms with E-state index in [0.717, 1.165) is 37.7 Å². The Morgan fingerprint density at radius 2 is 2.14 bits per heavy atom. The van der Waals surface area contributed by atoms with Crippen LogP contribution in [0.5, 0.6) is 5.75 Å². The fourth-order valence-electron chi connectivity index (χ4n) is 5.21. The summed E-state index contributed by atoms with van der Waals surface area (Å²) >= 11 is 0. The number of benzene rings is 1. The molecular formula is C20H24O2. The molecule has 22 heavy (non-hydrogen) atoms. The maximum absolute atomic E-state index is 12.3. The van der Waals surface area contributed by atoms with Crippen molar-refractivity contribution in [1.82, 2.24) is 0 Å². The molecule has 2 nitrogen and oxygen atoms in total. The molecule has 0 spiro atoms. The van der Waals surface area contributed by atoms with Gasteiger partial charge in [0.2, 0.25) is 0 Å². The first-order chi connectivity index (χ1) is 10.5. The molecule has 3 aliphatic carbocycles. The van der Waals surface area contributed by atoms with E-state index >= 15 is 0 Å². The molecule has 116 valence electrons. The second-order valence-corrected chi connectivity index (χ2v) is 7.55. The predicted molar refractivity (Wildman–Crippen MR) is 87.0 cm³/mol. The number of fused-ring (bicyclic) bond motifs is 5. The highest BCUT2D eigenvalue weighted by atomic mass is 16.3. The third kappa shape index (κ3) is 1.76. The fourth-order valence-corrected chi connectivity index (χ4v) is 5.21. The molecule has 2 heteroatoms. The van der Waals surface area contributed by atoms with Crippen LogP contribution in [-0.4, -0.2) is 10.9 Å². The maximum atomic E-state index is 12.3. The molecular weight excluding hydrogens is 272 g/mol. The van der Waals surface area contributed by atoms with Crippen LogP contribution >= 0.6 is 0 Å². The van der Waals surface area contributed by atoms with Gasteiger partial charge in [-0.15, -0.1) is 0 Å². The summed E-state index contributed by atoms with van der Waals surface area (Å²) in [6.45, 7) is 4.26. The quantitative estimate of drug-likeness (QED) is 0.845. The monoisotopic (exact) mass is 296 g/mol. The SMILES string of the molecule is CCc1cc2c(cc1O)CC[C@@H]1[C@@H]2CC[C@]2(C)C(=O)C=C[C@@H]12. The highest BCUT2D eigenvalue weighted by Crippen LogP contribution is 2.57.